The molecule has 1 aromatic carbocycles. The summed E-state index contributed by atoms with van der Waals surface area (Å²) in [5, 5.41) is 2.62. The van der Waals surface area contributed by atoms with Gasteiger partial charge in [-0.25, -0.2) is 4.98 Å². The summed E-state index contributed by atoms with van der Waals surface area (Å²) in [6.45, 7) is 5.69. The number of hydrogen-bond donors (Lipinski definition) is 2. The molecule has 3 N–H and O–H groups in total. The molecule has 2 rings (SSSR count). The molecule has 0 aliphatic rings. The van der Waals surface area contributed by atoms with E-state index in [9.17, 15) is 4.79 Å². The maximum Gasteiger partial charge on any atom is 0.242 e. The van der Waals surface area contributed by atoms with Gasteiger partial charge in [-0.3, -0.25) is 9.36 Å². The number of likely N-dealkylation sites (N-methyl/N-ethyl adjacent to an activating group) is 1. The van der Waals surface area contributed by atoms with E-state index in [0.717, 1.165) is 5.52 Å². The van der Waals surface area contributed by atoms with Crippen LogP contribution in [-0.4, -0.2) is 28.6 Å². The van der Waals surface area contributed by atoms with Gasteiger partial charge in [-0.15, -0.1) is 0 Å². The molecule has 6 nitrogen and oxygen atoms in total. The van der Waals surface area contributed by atoms with E-state index in [0.29, 0.717) is 17.2 Å². The molecule has 108 valence electrons. The Morgan fingerprint density at radius 1 is 1.40 bits per heavy atom. The fourth-order valence-corrected chi connectivity index (χ4v) is 2.19. The molecule has 0 radical (unpaired) electrons. The van der Waals surface area contributed by atoms with Crippen molar-refractivity contribution in [2.45, 2.75) is 32.9 Å². The molecule has 0 saturated heterocycles. The van der Waals surface area contributed by atoms with Crippen LogP contribution in [0.25, 0.3) is 11.0 Å². The van der Waals surface area contributed by atoms with Gasteiger partial charge >= 0.3 is 0 Å². The molecule has 0 aliphatic heterocycles. The number of ether oxygens (including phenoxy) is 1. The van der Waals surface area contributed by atoms with E-state index < -0.39 is 6.04 Å². The van der Waals surface area contributed by atoms with E-state index in [1.165, 1.54) is 0 Å². The molecular weight excluding hydrogens is 256 g/mol. The molecule has 1 aromatic heterocycles. The Hall–Kier alpha value is -2.24. The Morgan fingerprint density at radius 3 is 2.70 bits per heavy atom. The zero-order valence-electron chi connectivity index (χ0n) is 12.2. The number of para-hydroxylation sites is 1. The van der Waals surface area contributed by atoms with Crippen LogP contribution in [0.2, 0.25) is 0 Å². The van der Waals surface area contributed by atoms with Gasteiger partial charge in [-0.05, 0) is 32.9 Å². The van der Waals surface area contributed by atoms with Crippen molar-refractivity contribution in [2.75, 3.05) is 12.8 Å². The van der Waals surface area contributed by atoms with E-state index in [4.69, 9.17) is 10.5 Å². The molecule has 2 aromatic rings. The van der Waals surface area contributed by atoms with Gasteiger partial charge in [0.15, 0.2) is 0 Å². The summed E-state index contributed by atoms with van der Waals surface area (Å²) in [6, 6.07) is 5.17. The van der Waals surface area contributed by atoms with E-state index in [1.54, 1.807) is 18.5 Å². The average Bonchev–Trinajstić information content (AvgIpc) is 2.73. The molecule has 0 saturated carbocycles. The third-order valence-corrected chi connectivity index (χ3v) is 3.09. The summed E-state index contributed by atoms with van der Waals surface area (Å²) >= 11 is 0. The number of nitrogens with one attached hydrogen (secondary N) is 1. The molecule has 1 amide bonds. The van der Waals surface area contributed by atoms with Crippen LogP contribution in [0.4, 0.5) is 5.95 Å². The number of nitrogens with two attached hydrogens (primary N) is 1. The minimum absolute atomic E-state index is 0.0448. The number of carbonyl (C=O) groups is 1. The molecule has 1 unspecified atom stereocenters. The van der Waals surface area contributed by atoms with Gasteiger partial charge in [0.25, 0.3) is 0 Å². The summed E-state index contributed by atoms with van der Waals surface area (Å²) in [7, 11) is 1.60. The van der Waals surface area contributed by atoms with Gasteiger partial charge < -0.3 is 15.8 Å². The summed E-state index contributed by atoms with van der Waals surface area (Å²) in [4.78, 5) is 16.2. The minimum Gasteiger partial charge on any atom is -0.489 e. The third kappa shape index (κ3) is 2.41. The largest absolute Gasteiger partial charge is 0.489 e. The molecule has 20 heavy (non-hydrogen) atoms. The van der Waals surface area contributed by atoms with E-state index in [2.05, 4.69) is 10.3 Å². The molecule has 0 spiro atoms. The quantitative estimate of drug-likeness (QED) is 0.890. The molecule has 6 heteroatoms. The van der Waals surface area contributed by atoms with Crippen LogP contribution in [-0.2, 0) is 4.79 Å². The highest BCUT2D eigenvalue weighted by Gasteiger charge is 2.21. The number of imidazole rings is 1. The standard InChI is InChI=1S/C14H20N4O2/c1-8(2)20-11-7-5-6-10-12(11)17-14(15)18(10)9(3)13(19)16-4/h5-9H,1-4H3,(H2,15,17)(H,16,19). The van der Waals surface area contributed by atoms with Crippen LogP contribution >= 0.6 is 0 Å². The Balaban J connectivity index is 2.57. The van der Waals surface area contributed by atoms with Crippen molar-refractivity contribution < 1.29 is 9.53 Å². The highest BCUT2D eigenvalue weighted by atomic mass is 16.5. The second-order valence-electron chi connectivity index (χ2n) is 4.92. The van der Waals surface area contributed by atoms with Gasteiger partial charge in [-0.1, -0.05) is 6.07 Å². The first-order valence-corrected chi connectivity index (χ1v) is 6.60. The number of nitrogens with zero attached hydrogens (tertiary/aromatic N) is 2. The van der Waals surface area contributed by atoms with Crippen LogP contribution < -0.4 is 15.8 Å². The van der Waals surface area contributed by atoms with Crippen LogP contribution in [0, 0.1) is 0 Å². The third-order valence-electron chi connectivity index (χ3n) is 3.09. The highest BCUT2D eigenvalue weighted by Crippen LogP contribution is 2.30. The van der Waals surface area contributed by atoms with Gasteiger partial charge in [0, 0.05) is 7.05 Å². The summed E-state index contributed by atoms with van der Waals surface area (Å²) < 4.78 is 7.44. The summed E-state index contributed by atoms with van der Waals surface area (Å²) in [5.41, 5.74) is 7.43. The van der Waals surface area contributed by atoms with Gasteiger partial charge in [0.2, 0.25) is 11.9 Å². The van der Waals surface area contributed by atoms with E-state index in [1.807, 2.05) is 32.0 Å². The van der Waals surface area contributed by atoms with Crippen molar-refractivity contribution in [3.8, 4) is 5.75 Å². The van der Waals surface area contributed by atoms with Crippen molar-refractivity contribution in [3.05, 3.63) is 18.2 Å². The van der Waals surface area contributed by atoms with Crippen molar-refractivity contribution in [1.29, 1.82) is 0 Å². The highest BCUT2D eigenvalue weighted by molar-refractivity contribution is 5.88. The normalized spacial score (nSPS) is 12.7. The predicted molar refractivity (Wildman–Crippen MR) is 78.7 cm³/mol. The number of hydrogen-bond acceptors (Lipinski definition) is 4. The number of aromatic nitrogens is 2. The molecule has 0 bridgehead atoms. The zero-order valence-corrected chi connectivity index (χ0v) is 12.2. The topological polar surface area (TPSA) is 82.2 Å². The average molecular weight is 276 g/mol. The predicted octanol–water partition coefficient (Wildman–Crippen LogP) is 1.71. The first kappa shape index (κ1) is 14.2. The monoisotopic (exact) mass is 276 g/mol. The van der Waals surface area contributed by atoms with Crippen LogP contribution in [0.15, 0.2) is 18.2 Å². The second-order valence-corrected chi connectivity index (χ2v) is 4.92. The first-order valence-electron chi connectivity index (χ1n) is 6.60. The fraction of sp³-hybridized carbons (Fsp3) is 0.429. The number of anilines is 1. The number of amides is 1. The zero-order chi connectivity index (χ0) is 14.9. The SMILES string of the molecule is CNC(=O)C(C)n1c(N)nc2c(OC(C)C)cccc21. The Bertz CT molecular complexity index is 633. The summed E-state index contributed by atoms with van der Waals surface area (Å²) in [6.07, 6.45) is 0.0448. The van der Waals surface area contributed by atoms with Crippen LogP contribution in [0.3, 0.4) is 0 Å². The summed E-state index contributed by atoms with van der Waals surface area (Å²) in [5.74, 6) is 0.856. The smallest absolute Gasteiger partial charge is 0.242 e. The van der Waals surface area contributed by atoms with Gasteiger partial charge in [-0.2, -0.15) is 0 Å². The lowest BCUT2D eigenvalue weighted by atomic mass is 10.2. The van der Waals surface area contributed by atoms with Gasteiger partial charge in [0.05, 0.1) is 11.6 Å². The Labute approximate surface area is 117 Å². The maximum absolute atomic E-state index is 11.8. The Kier molecular flexibility index (Phi) is 3.83. The lowest BCUT2D eigenvalue weighted by Crippen LogP contribution is -2.28. The fourth-order valence-electron chi connectivity index (χ4n) is 2.19. The molecular formula is C14H20N4O2. The van der Waals surface area contributed by atoms with Crippen molar-refractivity contribution >= 4 is 22.9 Å². The number of fused-ring (bicyclic) bond motifs is 1. The molecule has 1 atom stereocenters. The lowest BCUT2D eigenvalue weighted by Gasteiger charge is -2.14. The Morgan fingerprint density at radius 2 is 2.10 bits per heavy atom. The number of rotatable bonds is 4. The van der Waals surface area contributed by atoms with Crippen LogP contribution in [0.5, 0.6) is 5.75 Å². The number of nitrogen functional groups attached to an aromatic ring is 1. The van der Waals surface area contributed by atoms with Crippen LogP contribution in [0.1, 0.15) is 26.8 Å². The molecule has 0 fully saturated rings. The van der Waals surface area contributed by atoms with Gasteiger partial charge in [0.1, 0.15) is 17.3 Å². The molecule has 0 aliphatic carbocycles. The number of carbonyl (C=O) groups excluding carboxylic acids is 1. The lowest BCUT2D eigenvalue weighted by molar-refractivity contribution is -0.123. The second kappa shape index (κ2) is 5.40. The van der Waals surface area contributed by atoms with Crippen molar-refractivity contribution in [1.82, 2.24) is 14.9 Å². The maximum atomic E-state index is 11.8. The van der Waals surface area contributed by atoms with Crippen molar-refractivity contribution in [2.24, 2.45) is 0 Å². The first-order chi connectivity index (χ1) is 9.45. The molecule has 1 heterocycles. The van der Waals surface area contributed by atoms with Crippen molar-refractivity contribution in [3.63, 3.8) is 0 Å². The minimum atomic E-state index is -0.431. The number of benzene rings is 1. The van der Waals surface area contributed by atoms with E-state index >= 15 is 0 Å². The van der Waals surface area contributed by atoms with E-state index in [-0.39, 0.29) is 12.0 Å².